The second-order valence-corrected chi connectivity index (χ2v) is 14.8. The molecular weight excluding hydrogens is 660 g/mol. The van der Waals surface area contributed by atoms with Crippen LogP contribution < -0.4 is 0 Å². The van der Waals surface area contributed by atoms with Gasteiger partial charge in [0, 0.05) is 18.6 Å². The predicted octanol–water partition coefficient (Wildman–Crippen LogP) is -0.276. The Bertz CT molecular complexity index is 848. The van der Waals surface area contributed by atoms with E-state index in [1.807, 2.05) is 0 Å². The molecule has 3 rings (SSSR count). The van der Waals surface area contributed by atoms with Crippen molar-refractivity contribution in [1.82, 2.24) is 0 Å². The van der Waals surface area contributed by atoms with E-state index in [1.165, 1.54) is 18.9 Å². The first kappa shape index (κ1) is 41.6. The molecule has 0 saturated carbocycles. The molecule has 0 aromatic heterocycles. The Kier molecular flexibility index (Phi) is 19.0. The van der Waals surface area contributed by atoms with Crippen LogP contribution in [0.2, 0.25) is 0 Å². The summed E-state index contributed by atoms with van der Waals surface area (Å²) >= 11 is 3.12. The Morgan fingerprint density at radius 1 is 0.511 bits per heavy atom. The second-order valence-electron chi connectivity index (χ2n) is 12.5. The maximum absolute atomic E-state index is 11.1. The van der Waals surface area contributed by atoms with Crippen LogP contribution in [0.3, 0.4) is 0 Å². The third kappa shape index (κ3) is 11.6. The molecule has 0 aromatic carbocycles. The zero-order valence-corrected chi connectivity index (χ0v) is 29.3. The van der Waals surface area contributed by atoms with Gasteiger partial charge in [-0.05, 0) is 24.3 Å². The van der Waals surface area contributed by atoms with Gasteiger partial charge < -0.3 is 69.3 Å². The Labute approximate surface area is 286 Å². The summed E-state index contributed by atoms with van der Waals surface area (Å²) in [6.07, 6.45) is -12.3. The van der Waals surface area contributed by atoms with Crippen LogP contribution in [0.1, 0.15) is 65.2 Å². The molecule has 0 aromatic rings. The van der Waals surface area contributed by atoms with Crippen molar-refractivity contribution in [1.29, 1.82) is 0 Å². The summed E-state index contributed by atoms with van der Waals surface area (Å²) in [5.74, 6) is 2.37. The van der Waals surface area contributed by atoms with Crippen LogP contribution in [0.5, 0.6) is 0 Å². The molecule has 0 aliphatic carbocycles. The van der Waals surface area contributed by atoms with E-state index in [9.17, 15) is 40.9 Å². The van der Waals surface area contributed by atoms with E-state index in [4.69, 9.17) is 28.4 Å². The van der Waals surface area contributed by atoms with Gasteiger partial charge in [-0.3, -0.25) is 0 Å². The minimum atomic E-state index is -1.76. The first-order valence-corrected chi connectivity index (χ1v) is 19.2. The van der Waals surface area contributed by atoms with E-state index < -0.39 is 98.7 Å². The molecule has 3 saturated heterocycles. The molecule has 47 heavy (non-hydrogen) atoms. The molecule has 3 heterocycles. The van der Waals surface area contributed by atoms with Gasteiger partial charge in [0.25, 0.3) is 0 Å². The highest BCUT2D eigenvalue weighted by Crippen LogP contribution is 2.34. The molecule has 0 unspecified atom stereocenters. The largest absolute Gasteiger partial charge is 0.394 e. The van der Waals surface area contributed by atoms with Crippen molar-refractivity contribution in [3.63, 3.8) is 0 Å². The van der Waals surface area contributed by atoms with Crippen LogP contribution in [-0.4, -0.2) is 170 Å². The number of methoxy groups -OCH3 is 1. The number of hydrogen-bond donors (Lipinski definition) is 8. The highest BCUT2D eigenvalue weighted by molar-refractivity contribution is 7.99. The van der Waals surface area contributed by atoms with E-state index in [0.717, 1.165) is 62.9 Å². The van der Waals surface area contributed by atoms with Crippen molar-refractivity contribution in [3.8, 4) is 0 Å². The van der Waals surface area contributed by atoms with Gasteiger partial charge in [0.2, 0.25) is 0 Å². The number of hydrogen-bond acceptors (Lipinski definition) is 16. The van der Waals surface area contributed by atoms with Crippen molar-refractivity contribution in [2.24, 2.45) is 0 Å². The molecule has 0 radical (unpaired) electrons. The third-order valence-corrected chi connectivity index (χ3v) is 11.1. The van der Waals surface area contributed by atoms with Crippen molar-refractivity contribution >= 4 is 23.5 Å². The molecule has 15 atom stereocenters. The number of aliphatic hydroxyl groups is 8. The molecule has 8 N–H and O–H groups in total. The summed E-state index contributed by atoms with van der Waals surface area (Å²) in [5.41, 5.74) is 0. The first-order chi connectivity index (χ1) is 22.6. The van der Waals surface area contributed by atoms with E-state index in [1.54, 1.807) is 11.8 Å². The maximum atomic E-state index is 11.1. The minimum Gasteiger partial charge on any atom is -0.394 e. The number of unbranched alkanes of at least 4 members (excludes halogenated alkanes) is 6. The monoisotopic (exact) mass is 718 g/mol. The number of rotatable bonds is 20. The molecule has 0 amide bonds. The summed E-state index contributed by atoms with van der Waals surface area (Å²) < 4.78 is 34.5. The Hall–Kier alpha value is 0.140. The highest BCUT2D eigenvalue weighted by Gasteiger charge is 2.53. The number of ether oxygens (including phenoxy) is 6. The molecule has 14 nitrogen and oxygen atoms in total. The van der Waals surface area contributed by atoms with E-state index in [-0.39, 0.29) is 0 Å². The summed E-state index contributed by atoms with van der Waals surface area (Å²) in [6.45, 7) is 3.56. The lowest BCUT2D eigenvalue weighted by Gasteiger charge is -2.48. The van der Waals surface area contributed by atoms with Gasteiger partial charge in [-0.15, -0.1) is 0 Å². The fraction of sp³-hybridized carbons (Fsp3) is 1.00. The van der Waals surface area contributed by atoms with Gasteiger partial charge in [0.15, 0.2) is 18.9 Å². The van der Waals surface area contributed by atoms with Gasteiger partial charge in [0.05, 0.1) is 18.8 Å². The fourth-order valence-electron chi connectivity index (χ4n) is 5.87. The maximum Gasteiger partial charge on any atom is 0.187 e. The summed E-state index contributed by atoms with van der Waals surface area (Å²) in [7, 11) is 1.34. The second kappa shape index (κ2) is 21.5. The molecule has 3 fully saturated rings. The van der Waals surface area contributed by atoms with Crippen molar-refractivity contribution in [2.45, 2.75) is 157 Å². The Balaban J connectivity index is 1.64. The lowest BCUT2D eigenvalue weighted by atomic mass is 9.96. The molecule has 3 aliphatic rings. The van der Waals surface area contributed by atoms with Gasteiger partial charge in [-0.2, -0.15) is 23.5 Å². The van der Waals surface area contributed by atoms with Gasteiger partial charge in [-0.1, -0.05) is 52.4 Å². The van der Waals surface area contributed by atoms with Gasteiger partial charge in [0.1, 0.15) is 61.0 Å². The quantitative estimate of drug-likeness (QED) is 0.0760. The predicted molar refractivity (Wildman–Crippen MR) is 175 cm³/mol. The fourth-order valence-corrected chi connectivity index (χ4v) is 8.03. The van der Waals surface area contributed by atoms with E-state index in [2.05, 4.69) is 13.8 Å². The van der Waals surface area contributed by atoms with Crippen LogP contribution in [0.4, 0.5) is 0 Å². The smallest absolute Gasteiger partial charge is 0.187 e. The molecular formula is C31H58O14S2. The zero-order chi connectivity index (χ0) is 34.5. The van der Waals surface area contributed by atoms with Crippen molar-refractivity contribution in [3.05, 3.63) is 0 Å². The van der Waals surface area contributed by atoms with Crippen molar-refractivity contribution in [2.75, 3.05) is 36.7 Å². The zero-order valence-electron chi connectivity index (χ0n) is 27.7. The van der Waals surface area contributed by atoms with Crippen LogP contribution in [0.25, 0.3) is 0 Å². The molecule has 278 valence electrons. The minimum absolute atomic E-state index is 0.322. The highest BCUT2D eigenvalue weighted by atomic mass is 32.2. The Morgan fingerprint density at radius 3 is 1.47 bits per heavy atom. The lowest BCUT2D eigenvalue weighted by molar-refractivity contribution is -0.375. The van der Waals surface area contributed by atoms with Crippen LogP contribution in [-0.2, 0) is 28.4 Å². The topological polar surface area (TPSA) is 217 Å². The first-order valence-electron chi connectivity index (χ1n) is 16.9. The average molecular weight is 719 g/mol. The van der Waals surface area contributed by atoms with E-state index in [0.29, 0.717) is 11.5 Å². The van der Waals surface area contributed by atoms with Crippen LogP contribution in [0.15, 0.2) is 0 Å². The standard InChI is InChI=1S/C31H58O14S2/c1-4-6-8-10-12-46-15-18-20(33)21(34)24(37)30(42-18)44-27-17(14-32)41-31(26(39)23(27)36)45-28-19(16-47-13-11-9-7-5-2)43-29(40-3)25(38)22(28)35/h17-39H,4-16H2,1-3H3/t17-,18-,19-,20-,21+,22-,23-,24-,25-,26-,27-,28-,29-,30-,31-/m1/s1. The number of thioether (sulfide) groups is 2. The molecule has 16 heteroatoms. The molecule has 0 spiro atoms. The van der Waals surface area contributed by atoms with Crippen LogP contribution in [0, 0.1) is 0 Å². The third-order valence-electron chi connectivity index (χ3n) is 8.79. The SMILES string of the molecule is CCCCCCSC[C@H]1O[C@H](O[C@H]2[C@H](O)[C@@H](O)[C@@H](O[C@H]3[C@H](O)[C@@H](O)[C@H](OC)O[C@@H]3CSCCCCCC)O[C@@H]2CO)[C@H](O)[C@@H](O)[C@@H]1O. The molecule has 0 bridgehead atoms. The summed E-state index contributed by atoms with van der Waals surface area (Å²) in [6, 6.07) is 0. The van der Waals surface area contributed by atoms with Crippen LogP contribution >= 0.6 is 23.5 Å². The molecule has 3 aliphatic heterocycles. The van der Waals surface area contributed by atoms with Gasteiger partial charge in [-0.25, -0.2) is 0 Å². The van der Waals surface area contributed by atoms with Crippen molar-refractivity contribution < 1.29 is 69.3 Å². The summed E-state index contributed by atoms with van der Waals surface area (Å²) in [4.78, 5) is 0. The summed E-state index contributed by atoms with van der Waals surface area (Å²) in [5, 5.41) is 85.6. The number of aliphatic hydroxyl groups excluding tert-OH is 8. The van der Waals surface area contributed by atoms with Gasteiger partial charge >= 0.3 is 0 Å². The normalized spacial score (nSPS) is 41.3. The lowest BCUT2D eigenvalue weighted by Crippen LogP contribution is -2.66. The average Bonchev–Trinajstić information content (AvgIpc) is 3.07. The van der Waals surface area contributed by atoms with E-state index >= 15 is 0 Å². The Morgan fingerprint density at radius 2 is 0.957 bits per heavy atom.